The summed E-state index contributed by atoms with van der Waals surface area (Å²) in [6.07, 6.45) is 2.60. The predicted molar refractivity (Wildman–Crippen MR) is 112 cm³/mol. The van der Waals surface area contributed by atoms with Gasteiger partial charge in [-0.25, -0.2) is 9.07 Å². The number of methoxy groups -OCH3 is 1. The van der Waals surface area contributed by atoms with Gasteiger partial charge in [-0.05, 0) is 68.1 Å². The highest BCUT2D eigenvalue weighted by atomic mass is 19.1. The molecule has 0 radical (unpaired) electrons. The second-order valence-corrected chi connectivity index (χ2v) is 7.31. The number of hydrogen-bond acceptors (Lipinski definition) is 4. The van der Waals surface area contributed by atoms with Crippen LogP contribution in [0, 0.1) is 12.7 Å². The van der Waals surface area contributed by atoms with Crippen molar-refractivity contribution >= 4 is 11.6 Å². The molecule has 1 heterocycles. The Labute approximate surface area is 174 Å². The van der Waals surface area contributed by atoms with Crippen molar-refractivity contribution in [1.29, 1.82) is 0 Å². The van der Waals surface area contributed by atoms with Crippen LogP contribution in [0.5, 0.6) is 5.75 Å². The molecule has 1 amide bonds. The normalized spacial score (nSPS) is 12.6. The van der Waals surface area contributed by atoms with Gasteiger partial charge in [0.15, 0.2) is 5.69 Å². The predicted octanol–water partition coefficient (Wildman–Crippen LogP) is 4.09. The van der Waals surface area contributed by atoms with Crippen LogP contribution in [-0.4, -0.2) is 36.0 Å². The summed E-state index contributed by atoms with van der Waals surface area (Å²) in [6, 6.07) is 11.8. The van der Waals surface area contributed by atoms with E-state index < -0.39 is 0 Å². The number of halogens is 1. The van der Waals surface area contributed by atoms with Gasteiger partial charge in [0, 0.05) is 18.4 Å². The summed E-state index contributed by atoms with van der Waals surface area (Å²) in [7, 11) is 1.61. The van der Waals surface area contributed by atoms with Gasteiger partial charge in [-0.2, -0.15) is 5.10 Å². The van der Waals surface area contributed by atoms with Crippen LogP contribution in [-0.2, 0) is 17.6 Å². The smallest absolute Gasteiger partial charge is 0.276 e. The quantitative estimate of drug-likeness (QED) is 0.597. The van der Waals surface area contributed by atoms with Crippen LogP contribution in [0.3, 0.4) is 0 Å². The zero-order valence-electron chi connectivity index (χ0n) is 17.1. The molecule has 0 bridgehead atoms. The molecule has 0 saturated carbocycles. The van der Waals surface area contributed by atoms with Crippen molar-refractivity contribution in [3.8, 4) is 11.4 Å². The summed E-state index contributed by atoms with van der Waals surface area (Å²) >= 11 is 0. The molecular formula is C23H24FN3O3. The molecule has 30 heavy (non-hydrogen) atoms. The molecule has 6 nitrogen and oxygen atoms in total. The molecule has 1 aromatic heterocycles. The summed E-state index contributed by atoms with van der Waals surface area (Å²) < 4.78 is 25.9. The molecule has 0 spiro atoms. The molecule has 1 aliphatic carbocycles. The second-order valence-electron chi connectivity index (χ2n) is 7.31. The van der Waals surface area contributed by atoms with Crippen LogP contribution in [0.25, 0.3) is 5.69 Å². The molecule has 0 saturated heterocycles. The Bertz CT molecular complexity index is 1060. The summed E-state index contributed by atoms with van der Waals surface area (Å²) in [4.78, 5) is 13.1. The van der Waals surface area contributed by atoms with E-state index in [2.05, 4.69) is 10.4 Å². The lowest BCUT2D eigenvalue weighted by molar-refractivity contribution is 0.102. The number of anilines is 1. The monoisotopic (exact) mass is 409 g/mol. The van der Waals surface area contributed by atoms with Crippen molar-refractivity contribution in [3.05, 3.63) is 70.8 Å². The van der Waals surface area contributed by atoms with Gasteiger partial charge in [-0.15, -0.1) is 0 Å². The Morgan fingerprint density at radius 1 is 1.17 bits per heavy atom. The first-order chi connectivity index (χ1) is 14.6. The first-order valence-corrected chi connectivity index (χ1v) is 9.97. The highest BCUT2D eigenvalue weighted by Crippen LogP contribution is 2.30. The molecule has 7 heteroatoms. The van der Waals surface area contributed by atoms with Crippen LogP contribution in [0.1, 0.15) is 33.7 Å². The van der Waals surface area contributed by atoms with Crippen LogP contribution >= 0.6 is 0 Å². The highest BCUT2D eigenvalue weighted by Gasteiger charge is 2.27. The third-order valence-electron chi connectivity index (χ3n) is 5.15. The third kappa shape index (κ3) is 4.07. The number of aromatic nitrogens is 2. The van der Waals surface area contributed by atoms with Crippen molar-refractivity contribution in [2.75, 3.05) is 25.6 Å². The van der Waals surface area contributed by atoms with E-state index in [1.807, 2.05) is 25.1 Å². The topological polar surface area (TPSA) is 65.4 Å². The molecule has 1 N–H and O–H groups in total. The number of carbonyl (C=O) groups is 1. The molecule has 0 unspecified atom stereocenters. The van der Waals surface area contributed by atoms with E-state index in [4.69, 9.17) is 9.47 Å². The van der Waals surface area contributed by atoms with E-state index >= 15 is 0 Å². The minimum atomic E-state index is -0.305. The zero-order valence-corrected chi connectivity index (χ0v) is 17.1. The molecule has 0 fully saturated rings. The second kappa shape index (κ2) is 8.67. The number of nitrogens with one attached hydrogen (secondary N) is 1. The maximum absolute atomic E-state index is 13.3. The highest BCUT2D eigenvalue weighted by molar-refractivity contribution is 6.05. The fourth-order valence-electron chi connectivity index (χ4n) is 3.68. The standard InChI is InChI=1S/C23H24FN3O3/c1-15-6-11-19(21(14-15)30-13-12-29-2)25-23(28)22-18-4-3-5-20(18)27(26-22)17-9-7-16(24)8-10-17/h6-11,14H,3-5,12-13H2,1-2H3,(H,25,28). The molecule has 4 rings (SSSR count). The van der Waals surface area contributed by atoms with Crippen molar-refractivity contribution < 1.29 is 18.7 Å². The van der Waals surface area contributed by atoms with Gasteiger partial charge < -0.3 is 14.8 Å². The van der Waals surface area contributed by atoms with E-state index in [1.54, 1.807) is 23.9 Å². The van der Waals surface area contributed by atoms with Crippen molar-refractivity contribution in [2.45, 2.75) is 26.2 Å². The van der Waals surface area contributed by atoms with Gasteiger partial charge in [0.2, 0.25) is 0 Å². The summed E-state index contributed by atoms with van der Waals surface area (Å²) in [6.45, 7) is 2.81. The Hall–Kier alpha value is -3.19. The molecule has 2 aromatic carbocycles. The van der Waals surface area contributed by atoms with E-state index in [-0.39, 0.29) is 11.7 Å². The lowest BCUT2D eigenvalue weighted by Crippen LogP contribution is -2.16. The number of amides is 1. The average molecular weight is 409 g/mol. The molecular weight excluding hydrogens is 385 g/mol. The zero-order chi connectivity index (χ0) is 21.1. The fourth-order valence-corrected chi connectivity index (χ4v) is 3.68. The fraction of sp³-hybridized carbons (Fsp3) is 0.304. The number of ether oxygens (including phenoxy) is 2. The average Bonchev–Trinajstić information content (AvgIpc) is 3.33. The minimum Gasteiger partial charge on any atom is -0.489 e. The van der Waals surface area contributed by atoms with E-state index in [0.29, 0.717) is 30.3 Å². The molecule has 0 atom stereocenters. The van der Waals surface area contributed by atoms with Crippen LogP contribution < -0.4 is 10.1 Å². The van der Waals surface area contributed by atoms with Gasteiger partial charge in [-0.1, -0.05) is 6.07 Å². The minimum absolute atomic E-state index is 0.283. The number of hydrogen-bond donors (Lipinski definition) is 1. The number of rotatable bonds is 7. The molecule has 1 aliphatic rings. The summed E-state index contributed by atoms with van der Waals surface area (Å²) in [5, 5.41) is 7.52. The largest absolute Gasteiger partial charge is 0.489 e. The number of benzene rings is 2. The number of aryl methyl sites for hydroxylation is 1. The van der Waals surface area contributed by atoms with Crippen molar-refractivity contribution in [3.63, 3.8) is 0 Å². The number of fused-ring (bicyclic) bond motifs is 1. The van der Waals surface area contributed by atoms with Gasteiger partial charge in [0.05, 0.1) is 18.0 Å². The SMILES string of the molecule is COCCOc1cc(C)ccc1NC(=O)c1nn(-c2ccc(F)cc2)c2c1CCC2. The first kappa shape index (κ1) is 20.1. The van der Waals surface area contributed by atoms with Crippen LogP contribution in [0.2, 0.25) is 0 Å². The molecule has 3 aromatic rings. The summed E-state index contributed by atoms with van der Waals surface area (Å²) in [5.41, 5.74) is 4.72. The van der Waals surface area contributed by atoms with Crippen LogP contribution in [0.4, 0.5) is 10.1 Å². The van der Waals surface area contributed by atoms with Crippen molar-refractivity contribution in [1.82, 2.24) is 9.78 Å². The molecule has 0 aliphatic heterocycles. The van der Waals surface area contributed by atoms with E-state index in [9.17, 15) is 9.18 Å². The Balaban J connectivity index is 1.62. The maximum atomic E-state index is 13.3. The first-order valence-electron chi connectivity index (χ1n) is 9.97. The van der Waals surface area contributed by atoms with Crippen molar-refractivity contribution in [2.24, 2.45) is 0 Å². The summed E-state index contributed by atoms with van der Waals surface area (Å²) in [5.74, 6) is 0.00496. The van der Waals surface area contributed by atoms with E-state index in [1.165, 1.54) is 12.1 Å². The Morgan fingerprint density at radius 2 is 1.97 bits per heavy atom. The number of carbonyl (C=O) groups excluding carboxylic acids is 1. The Morgan fingerprint density at radius 3 is 2.73 bits per heavy atom. The van der Waals surface area contributed by atoms with Gasteiger partial charge in [0.25, 0.3) is 5.91 Å². The van der Waals surface area contributed by atoms with Gasteiger partial charge in [0.1, 0.15) is 18.2 Å². The number of nitrogens with zero attached hydrogens (tertiary/aromatic N) is 2. The maximum Gasteiger partial charge on any atom is 0.276 e. The lowest BCUT2D eigenvalue weighted by atomic mass is 10.1. The third-order valence-corrected chi connectivity index (χ3v) is 5.15. The van der Waals surface area contributed by atoms with Gasteiger partial charge in [-0.3, -0.25) is 4.79 Å². The van der Waals surface area contributed by atoms with Crippen LogP contribution in [0.15, 0.2) is 42.5 Å². The Kier molecular flexibility index (Phi) is 5.81. The van der Waals surface area contributed by atoms with E-state index in [0.717, 1.165) is 41.8 Å². The lowest BCUT2D eigenvalue weighted by Gasteiger charge is -2.13. The van der Waals surface area contributed by atoms with Gasteiger partial charge >= 0.3 is 0 Å². The molecule has 156 valence electrons.